The van der Waals surface area contributed by atoms with Crippen molar-refractivity contribution >= 4 is 11.9 Å². The number of benzene rings is 1. The number of phenols is 2. The highest BCUT2D eigenvalue weighted by atomic mass is 16.4. The van der Waals surface area contributed by atoms with Crippen LogP contribution in [0.1, 0.15) is 17.3 Å². The molecule has 0 aliphatic rings. The van der Waals surface area contributed by atoms with Crippen molar-refractivity contribution in [3.8, 4) is 11.5 Å². The summed E-state index contributed by atoms with van der Waals surface area (Å²) in [6, 6.07) is 2.90. The van der Waals surface area contributed by atoms with Crippen LogP contribution in [-0.2, 0) is 4.79 Å². The Hall–Kier alpha value is -2.24. The molecule has 0 heterocycles. The summed E-state index contributed by atoms with van der Waals surface area (Å²) in [5, 5.41) is 27.5. The van der Waals surface area contributed by atoms with Gasteiger partial charge in [0.2, 0.25) is 0 Å². The molecule has 0 saturated carbocycles. The minimum atomic E-state index is -1.15. The first kappa shape index (κ1) is 12.8. The standard InChI is InChI=1S/C11H13NO5/c1-6(11(16)17)12(2)10(15)7-4-3-5-8(13)9(7)14/h3-6,13-14H,1-2H3,(H,16,17). The smallest absolute Gasteiger partial charge is 0.326 e. The van der Waals surface area contributed by atoms with Gasteiger partial charge in [-0.05, 0) is 19.1 Å². The van der Waals surface area contributed by atoms with E-state index in [1.165, 1.54) is 32.2 Å². The van der Waals surface area contributed by atoms with E-state index in [1.807, 2.05) is 0 Å². The molecular formula is C11H13NO5. The quantitative estimate of drug-likeness (QED) is 0.672. The van der Waals surface area contributed by atoms with Crippen LogP contribution in [-0.4, -0.2) is 45.2 Å². The molecule has 0 radical (unpaired) electrons. The molecule has 0 spiro atoms. The first-order chi connectivity index (χ1) is 7.86. The average Bonchev–Trinajstić information content (AvgIpc) is 2.29. The van der Waals surface area contributed by atoms with Gasteiger partial charge in [0.25, 0.3) is 5.91 Å². The number of likely N-dealkylation sites (N-methyl/N-ethyl adjacent to an activating group) is 1. The first-order valence-electron chi connectivity index (χ1n) is 4.87. The molecule has 0 aliphatic heterocycles. The molecule has 6 heteroatoms. The van der Waals surface area contributed by atoms with Gasteiger partial charge in [-0.3, -0.25) is 4.79 Å². The second-order valence-corrected chi connectivity index (χ2v) is 3.60. The summed E-state index contributed by atoms with van der Waals surface area (Å²) in [7, 11) is 1.31. The van der Waals surface area contributed by atoms with E-state index < -0.39 is 29.4 Å². The van der Waals surface area contributed by atoms with Crippen molar-refractivity contribution in [1.29, 1.82) is 0 Å². The van der Waals surface area contributed by atoms with E-state index in [9.17, 15) is 19.8 Å². The molecule has 17 heavy (non-hydrogen) atoms. The molecule has 0 saturated heterocycles. The minimum absolute atomic E-state index is 0.138. The fourth-order valence-corrected chi connectivity index (χ4v) is 1.24. The van der Waals surface area contributed by atoms with Gasteiger partial charge in [0, 0.05) is 7.05 Å². The van der Waals surface area contributed by atoms with Crippen molar-refractivity contribution < 1.29 is 24.9 Å². The van der Waals surface area contributed by atoms with Crippen molar-refractivity contribution in [2.24, 2.45) is 0 Å². The van der Waals surface area contributed by atoms with Crippen LogP contribution in [0.15, 0.2) is 18.2 Å². The Bertz CT molecular complexity index is 457. The van der Waals surface area contributed by atoms with E-state index >= 15 is 0 Å². The number of para-hydroxylation sites is 1. The Morgan fingerprint density at radius 1 is 1.29 bits per heavy atom. The number of rotatable bonds is 3. The lowest BCUT2D eigenvalue weighted by Crippen LogP contribution is -2.40. The lowest BCUT2D eigenvalue weighted by Gasteiger charge is -2.21. The monoisotopic (exact) mass is 239 g/mol. The summed E-state index contributed by atoms with van der Waals surface area (Å²) >= 11 is 0. The average molecular weight is 239 g/mol. The molecule has 92 valence electrons. The highest BCUT2D eigenvalue weighted by Gasteiger charge is 2.25. The number of phenolic OH excluding ortho intramolecular Hbond substituents is 2. The van der Waals surface area contributed by atoms with Crippen molar-refractivity contribution in [2.75, 3.05) is 7.05 Å². The second kappa shape index (κ2) is 4.73. The Morgan fingerprint density at radius 2 is 1.88 bits per heavy atom. The van der Waals surface area contributed by atoms with Crippen molar-refractivity contribution in [3.63, 3.8) is 0 Å². The number of hydrogen-bond acceptors (Lipinski definition) is 4. The zero-order valence-electron chi connectivity index (χ0n) is 9.41. The normalized spacial score (nSPS) is 11.9. The summed E-state index contributed by atoms with van der Waals surface area (Å²) in [6.45, 7) is 1.35. The molecule has 0 fully saturated rings. The molecule has 1 aromatic carbocycles. The molecule has 6 nitrogen and oxygen atoms in total. The van der Waals surface area contributed by atoms with Crippen LogP contribution in [0.25, 0.3) is 0 Å². The maximum atomic E-state index is 11.9. The van der Waals surface area contributed by atoms with Gasteiger partial charge in [-0.2, -0.15) is 0 Å². The van der Waals surface area contributed by atoms with E-state index in [0.29, 0.717) is 0 Å². The third-order valence-electron chi connectivity index (χ3n) is 2.50. The van der Waals surface area contributed by atoms with Crippen molar-refractivity contribution in [2.45, 2.75) is 13.0 Å². The number of carbonyl (C=O) groups excluding carboxylic acids is 1. The van der Waals surface area contributed by atoms with E-state index in [0.717, 1.165) is 4.90 Å². The summed E-state index contributed by atoms with van der Waals surface area (Å²) in [4.78, 5) is 23.5. The lowest BCUT2D eigenvalue weighted by molar-refractivity contribution is -0.141. The van der Waals surface area contributed by atoms with Gasteiger partial charge in [-0.15, -0.1) is 0 Å². The molecule has 3 N–H and O–H groups in total. The summed E-state index contributed by atoms with van der Waals surface area (Å²) < 4.78 is 0. The Labute approximate surface area is 97.7 Å². The van der Waals surface area contributed by atoms with E-state index in [-0.39, 0.29) is 5.56 Å². The number of carbonyl (C=O) groups is 2. The van der Waals surface area contributed by atoms with Gasteiger partial charge in [0.05, 0.1) is 5.56 Å². The number of aliphatic carboxylic acids is 1. The third-order valence-corrected chi connectivity index (χ3v) is 2.50. The van der Waals surface area contributed by atoms with Gasteiger partial charge in [0.15, 0.2) is 11.5 Å². The number of carboxylic acids is 1. The SMILES string of the molecule is CC(C(=O)O)N(C)C(=O)c1cccc(O)c1O. The van der Waals surface area contributed by atoms with Crippen LogP contribution >= 0.6 is 0 Å². The number of hydrogen-bond donors (Lipinski definition) is 3. The fourth-order valence-electron chi connectivity index (χ4n) is 1.24. The molecule has 0 aromatic heterocycles. The number of aromatic hydroxyl groups is 2. The third kappa shape index (κ3) is 2.47. The van der Waals surface area contributed by atoms with Crippen LogP contribution in [0, 0.1) is 0 Å². The summed E-state index contributed by atoms with van der Waals surface area (Å²) in [6.07, 6.45) is 0. The number of amides is 1. The lowest BCUT2D eigenvalue weighted by atomic mass is 10.1. The van der Waals surface area contributed by atoms with Crippen LogP contribution in [0.4, 0.5) is 0 Å². The van der Waals surface area contributed by atoms with Crippen LogP contribution in [0.5, 0.6) is 11.5 Å². The van der Waals surface area contributed by atoms with Gasteiger partial charge < -0.3 is 20.2 Å². The molecule has 1 atom stereocenters. The number of nitrogens with zero attached hydrogens (tertiary/aromatic N) is 1. The van der Waals surface area contributed by atoms with Crippen LogP contribution in [0.2, 0.25) is 0 Å². The molecule has 0 bridgehead atoms. The zero-order chi connectivity index (χ0) is 13.2. The van der Waals surface area contributed by atoms with Gasteiger partial charge in [-0.1, -0.05) is 6.07 Å². The van der Waals surface area contributed by atoms with Gasteiger partial charge >= 0.3 is 5.97 Å². The predicted molar refractivity (Wildman–Crippen MR) is 59.0 cm³/mol. The Morgan fingerprint density at radius 3 is 2.41 bits per heavy atom. The summed E-state index contributed by atoms with van der Waals surface area (Å²) in [5.74, 6) is -2.80. The highest BCUT2D eigenvalue weighted by molar-refractivity contribution is 5.99. The second-order valence-electron chi connectivity index (χ2n) is 3.60. The first-order valence-corrected chi connectivity index (χ1v) is 4.87. The van der Waals surface area contributed by atoms with Crippen LogP contribution < -0.4 is 0 Å². The van der Waals surface area contributed by atoms with Gasteiger partial charge in [-0.25, -0.2) is 4.79 Å². The number of carboxylic acid groups (broad SMARTS) is 1. The van der Waals surface area contributed by atoms with Crippen molar-refractivity contribution in [1.82, 2.24) is 4.90 Å². The molecule has 1 unspecified atom stereocenters. The molecule has 1 amide bonds. The maximum absolute atomic E-state index is 11.9. The van der Waals surface area contributed by atoms with E-state index in [2.05, 4.69) is 0 Å². The minimum Gasteiger partial charge on any atom is -0.504 e. The Balaban J connectivity index is 3.05. The van der Waals surface area contributed by atoms with Crippen molar-refractivity contribution in [3.05, 3.63) is 23.8 Å². The fraction of sp³-hybridized carbons (Fsp3) is 0.273. The molecule has 1 rings (SSSR count). The predicted octanol–water partition coefficient (Wildman–Crippen LogP) is 0.643. The Kier molecular flexibility index (Phi) is 3.57. The van der Waals surface area contributed by atoms with E-state index in [1.54, 1.807) is 0 Å². The highest BCUT2D eigenvalue weighted by Crippen LogP contribution is 2.29. The summed E-state index contributed by atoms with van der Waals surface area (Å²) in [5.41, 5.74) is -0.138. The topological polar surface area (TPSA) is 98.1 Å². The van der Waals surface area contributed by atoms with E-state index in [4.69, 9.17) is 5.11 Å². The van der Waals surface area contributed by atoms with Crippen LogP contribution in [0.3, 0.4) is 0 Å². The molecular weight excluding hydrogens is 226 g/mol. The molecule has 0 aliphatic carbocycles. The largest absolute Gasteiger partial charge is 0.504 e. The molecule has 1 aromatic rings. The zero-order valence-corrected chi connectivity index (χ0v) is 9.41. The van der Waals surface area contributed by atoms with Gasteiger partial charge in [0.1, 0.15) is 6.04 Å². The maximum Gasteiger partial charge on any atom is 0.326 e.